The summed E-state index contributed by atoms with van der Waals surface area (Å²) in [4.78, 5) is 36.1. The molecule has 0 aliphatic carbocycles. The summed E-state index contributed by atoms with van der Waals surface area (Å²) in [5.74, 6) is -0.612. The van der Waals surface area contributed by atoms with Crippen LogP contribution >= 0.6 is 0 Å². The van der Waals surface area contributed by atoms with Gasteiger partial charge in [0.15, 0.2) is 5.78 Å². The van der Waals surface area contributed by atoms with Gasteiger partial charge in [-0.1, -0.05) is 6.92 Å². The minimum absolute atomic E-state index is 0.0410. The Morgan fingerprint density at radius 3 is 2.30 bits per heavy atom. The first-order chi connectivity index (χ1) is 11.0. The highest BCUT2D eigenvalue weighted by molar-refractivity contribution is 5.96. The van der Waals surface area contributed by atoms with E-state index >= 15 is 0 Å². The fourth-order valence-electron chi connectivity index (χ4n) is 2.20. The fraction of sp³-hybridized carbons (Fsp3) is 0.471. The van der Waals surface area contributed by atoms with Crippen molar-refractivity contribution >= 4 is 17.7 Å². The predicted molar refractivity (Wildman–Crippen MR) is 85.7 cm³/mol. The van der Waals surface area contributed by atoms with E-state index in [4.69, 9.17) is 9.84 Å². The molecule has 126 valence electrons. The maximum absolute atomic E-state index is 12.0. The zero-order valence-electron chi connectivity index (χ0n) is 13.6. The minimum atomic E-state index is -1.03. The maximum Gasteiger partial charge on any atom is 0.323 e. The standard InChI is InChI=1S/C17H23NO5/c1-3-11-18(12-17(21)22)16(20)6-4-5-15(19)13-7-9-14(23-2)10-8-13/h7-10H,3-6,11-12H2,1-2H3,(H,21,22). The third kappa shape index (κ3) is 6.50. The van der Waals surface area contributed by atoms with E-state index < -0.39 is 5.97 Å². The Labute approximate surface area is 136 Å². The number of aliphatic carboxylic acids is 1. The average molecular weight is 321 g/mol. The van der Waals surface area contributed by atoms with Crippen LogP contribution in [0.15, 0.2) is 24.3 Å². The van der Waals surface area contributed by atoms with Crippen molar-refractivity contribution < 1.29 is 24.2 Å². The van der Waals surface area contributed by atoms with Crippen molar-refractivity contribution in [3.05, 3.63) is 29.8 Å². The molecule has 6 heteroatoms. The van der Waals surface area contributed by atoms with Crippen molar-refractivity contribution in [3.8, 4) is 5.75 Å². The molecule has 0 bridgehead atoms. The van der Waals surface area contributed by atoms with Crippen molar-refractivity contribution in [3.63, 3.8) is 0 Å². The number of amides is 1. The summed E-state index contributed by atoms with van der Waals surface area (Å²) in [6.07, 6.45) is 1.54. The number of rotatable bonds is 10. The number of ether oxygens (including phenoxy) is 1. The van der Waals surface area contributed by atoms with Gasteiger partial charge in [-0.15, -0.1) is 0 Å². The number of carboxylic acid groups (broad SMARTS) is 1. The first-order valence-electron chi connectivity index (χ1n) is 7.64. The van der Waals surface area contributed by atoms with Crippen LogP contribution in [-0.2, 0) is 9.59 Å². The highest BCUT2D eigenvalue weighted by Gasteiger charge is 2.16. The lowest BCUT2D eigenvalue weighted by molar-refractivity contribution is -0.144. The van der Waals surface area contributed by atoms with Crippen LogP contribution in [0.1, 0.15) is 43.0 Å². The number of hydrogen-bond acceptors (Lipinski definition) is 4. The Kier molecular flexibility index (Phi) is 7.80. The number of hydrogen-bond donors (Lipinski definition) is 1. The van der Waals surface area contributed by atoms with Gasteiger partial charge in [0.1, 0.15) is 12.3 Å². The van der Waals surface area contributed by atoms with Gasteiger partial charge < -0.3 is 14.7 Å². The second-order valence-electron chi connectivity index (χ2n) is 5.21. The zero-order valence-corrected chi connectivity index (χ0v) is 13.6. The molecule has 0 unspecified atom stereocenters. The largest absolute Gasteiger partial charge is 0.497 e. The van der Waals surface area contributed by atoms with E-state index in [9.17, 15) is 14.4 Å². The smallest absolute Gasteiger partial charge is 0.323 e. The number of nitrogens with zero attached hydrogens (tertiary/aromatic N) is 1. The maximum atomic E-state index is 12.0. The number of carbonyl (C=O) groups excluding carboxylic acids is 2. The molecule has 6 nitrogen and oxygen atoms in total. The zero-order chi connectivity index (χ0) is 17.2. The third-order valence-corrected chi connectivity index (χ3v) is 3.38. The summed E-state index contributed by atoms with van der Waals surface area (Å²) >= 11 is 0. The Bertz CT molecular complexity index is 538. The molecule has 0 aliphatic heterocycles. The van der Waals surface area contributed by atoms with E-state index in [1.807, 2.05) is 6.92 Å². The molecule has 0 saturated heterocycles. The normalized spacial score (nSPS) is 10.2. The van der Waals surface area contributed by atoms with Crippen LogP contribution in [0.2, 0.25) is 0 Å². The molecule has 1 amide bonds. The number of methoxy groups -OCH3 is 1. The molecule has 0 atom stereocenters. The molecule has 23 heavy (non-hydrogen) atoms. The molecule has 1 rings (SSSR count). The summed E-state index contributed by atoms with van der Waals surface area (Å²) in [6.45, 7) is 2.01. The van der Waals surface area contributed by atoms with Gasteiger partial charge in [-0.3, -0.25) is 14.4 Å². The molecule has 0 fully saturated rings. The summed E-state index contributed by atoms with van der Waals surface area (Å²) in [6, 6.07) is 6.82. The van der Waals surface area contributed by atoms with Crippen LogP contribution in [0.3, 0.4) is 0 Å². The Morgan fingerprint density at radius 1 is 1.13 bits per heavy atom. The summed E-state index contributed by atoms with van der Waals surface area (Å²) in [7, 11) is 1.56. The summed E-state index contributed by atoms with van der Waals surface area (Å²) in [5, 5.41) is 8.81. The molecule has 0 aromatic heterocycles. The van der Waals surface area contributed by atoms with Gasteiger partial charge in [-0.2, -0.15) is 0 Å². The third-order valence-electron chi connectivity index (χ3n) is 3.38. The summed E-state index contributed by atoms with van der Waals surface area (Å²) in [5.41, 5.74) is 0.578. The Morgan fingerprint density at radius 2 is 1.78 bits per heavy atom. The van der Waals surface area contributed by atoms with E-state index in [0.29, 0.717) is 30.7 Å². The second-order valence-corrected chi connectivity index (χ2v) is 5.21. The Balaban J connectivity index is 2.45. The Hall–Kier alpha value is -2.37. The van der Waals surface area contributed by atoms with Crippen molar-refractivity contribution in [2.24, 2.45) is 0 Å². The lowest BCUT2D eigenvalue weighted by Crippen LogP contribution is -2.36. The van der Waals surface area contributed by atoms with E-state index in [-0.39, 0.29) is 31.1 Å². The van der Waals surface area contributed by atoms with Crippen LogP contribution in [0.25, 0.3) is 0 Å². The number of ketones is 1. The first-order valence-corrected chi connectivity index (χ1v) is 7.64. The fourth-order valence-corrected chi connectivity index (χ4v) is 2.20. The monoisotopic (exact) mass is 321 g/mol. The van der Waals surface area contributed by atoms with E-state index in [2.05, 4.69) is 0 Å². The molecule has 0 aliphatic rings. The average Bonchev–Trinajstić information content (AvgIpc) is 2.54. The molecule has 1 aromatic rings. The van der Waals surface area contributed by atoms with E-state index in [1.54, 1.807) is 31.4 Å². The predicted octanol–water partition coefficient (Wildman–Crippen LogP) is 2.37. The van der Waals surface area contributed by atoms with Gasteiger partial charge in [-0.05, 0) is 37.1 Å². The number of benzene rings is 1. The van der Waals surface area contributed by atoms with Crippen molar-refractivity contribution in [1.82, 2.24) is 4.90 Å². The SMILES string of the molecule is CCCN(CC(=O)O)C(=O)CCCC(=O)c1ccc(OC)cc1. The van der Waals surface area contributed by atoms with Crippen LogP contribution in [0.4, 0.5) is 0 Å². The van der Waals surface area contributed by atoms with Crippen LogP contribution in [0, 0.1) is 0 Å². The van der Waals surface area contributed by atoms with Gasteiger partial charge in [-0.25, -0.2) is 0 Å². The van der Waals surface area contributed by atoms with Crippen LogP contribution in [0.5, 0.6) is 5.75 Å². The molecule has 0 radical (unpaired) electrons. The van der Waals surface area contributed by atoms with Gasteiger partial charge in [0.2, 0.25) is 5.91 Å². The molecule has 0 spiro atoms. The van der Waals surface area contributed by atoms with Crippen molar-refractivity contribution in [2.75, 3.05) is 20.2 Å². The minimum Gasteiger partial charge on any atom is -0.497 e. The number of carbonyl (C=O) groups is 3. The molecule has 0 heterocycles. The van der Waals surface area contributed by atoms with Crippen LogP contribution < -0.4 is 4.74 Å². The number of Topliss-reactive ketones (excluding diaryl/α,β-unsaturated/α-hetero) is 1. The quantitative estimate of drug-likeness (QED) is 0.669. The van der Waals surface area contributed by atoms with E-state index in [1.165, 1.54) is 4.90 Å². The van der Waals surface area contributed by atoms with E-state index in [0.717, 1.165) is 0 Å². The van der Waals surface area contributed by atoms with Gasteiger partial charge >= 0.3 is 5.97 Å². The molecular weight excluding hydrogens is 298 g/mol. The van der Waals surface area contributed by atoms with Crippen molar-refractivity contribution in [1.29, 1.82) is 0 Å². The van der Waals surface area contributed by atoms with Gasteiger partial charge in [0, 0.05) is 24.9 Å². The highest BCUT2D eigenvalue weighted by Crippen LogP contribution is 2.14. The lowest BCUT2D eigenvalue weighted by Gasteiger charge is -2.19. The topological polar surface area (TPSA) is 83.9 Å². The van der Waals surface area contributed by atoms with Crippen molar-refractivity contribution in [2.45, 2.75) is 32.6 Å². The van der Waals surface area contributed by atoms with Crippen LogP contribution in [-0.4, -0.2) is 47.9 Å². The summed E-state index contributed by atoms with van der Waals surface area (Å²) < 4.78 is 5.03. The first kappa shape index (κ1) is 18.7. The molecule has 0 saturated carbocycles. The second kappa shape index (κ2) is 9.61. The molecule has 1 N–H and O–H groups in total. The lowest BCUT2D eigenvalue weighted by atomic mass is 10.0. The van der Waals surface area contributed by atoms with Gasteiger partial charge in [0.05, 0.1) is 7.11 Å². The molecule has 1 aromatic carbocycles. The van der Waals surface area contributed by atoms with Gasteiger partial charge in [0.25, 0.3) is 0 Å². The molecular formula is C17H23NO5. The number of carboxylic acids is 1. The highest BCUT2D eigenvalue weighted by atomic mass is 16.5.